The molecule has 1 atom stereocenters. The van der Waals surface area contributed by atoms with Crippen LogP contribution in [0.15, 0.2) is 36.4 Å². The fraction of sp³-hybridized carbons (Fsp3) is 0.304. The highest BCUT2D eigenvalue weighted by Crippen LogP contribution is 2.34. The molecule has 0 bridgehead atoms. The lowest BCUT2D eigenvalue weighted by Crippen LogP contribution is -2.45. The summed E-state index contributed by atoms with van der Waals surface area (Å²) >= 11 is 7.56. The monoisotopic (exact) mass is 469 g/mol. The number of aryl methyl sites for hydroxylation is 1. The minimum atomic E-state index is -0.456. The van der Waals surface area contributed by atoms with E-state index in [2.05, 4.69) is 4.98 Å². The van der Waals surface area contributed by atoms with E-state index in [9.17, 15) is 14.4 Å². The van der Waals surface area contributed by atoms with Crippen molar-refractivity contribution in [1.82, 2.24) is 9.88 Å². The molecule has 2 aliphatic rings. The van der Waals surface area contributed by atoms with E-state index in [0.29, 0.717) is 34.4 Å². The van der Waals surface area contributed by atoms with Crippen molar-refractivity contribution in [1.29, 1.82) is 0 Å². The van der Waals surface area contributed by atoms with E-state index < -0.39 is 11.8 Å². The molecule has 1 unspecified atom stereocenters. The van der Waals surface area contributed by atoms with Crippen molar-refractivity contribution < 1.29 is 19.1 Å². The largest absolute Gasteiger partial charge is 0.376 e. The summed E-state index contributed by atoms with van der Waals surface area (Å²) in [4.78, 5) is 46.2. The Bertz CT molecular complexity index is 1220. The van der Waals surface area contributed by atoms with Gasteiger partial charge in [-0.25, -0.2) is 4.98 Å². The quantitative estimate of drug-likeness (QED) is 0.526. The predicted molar refractivity (Wildman–Crippen MR) is 123 cm³/mol. The molecule has 1 saturated heterocycles. The second-order valence-corrected chi connectivity index (χ2v) is 9.39. The minimum Gasteiger partial charge on any atom is -0.376 e. The highest BCUT2D eigenvalue weighted by Gasteiger charge is 2.38. The summed E-state index contributed by atoms with van der Waals surface area (Å²) in [5.74, 6) is -1.29. The molecule has 3 heterocycles. The summed E-state index contributed by atoms with van der Waals surface area (Å²) in [6.45, 7) is 2.53. The summed E-state index contributed by atoms with van der Waals surface area (Å²) in [5.41, 5.74) is 2.34. The number of thiazole rings is 1. The molecular weight excluding hydrogens is 450 g/mol. The molecule has 5 rings (SSSR count). The number of halogens is 1. The number of ether oxygens (including phenoxy) is 1. The molecular formula is C23H20ClN3O4S. The Morgan fingerprint density at radius 2 is 1.97 bits per heavy atom. The maximum atomic E-state index is 13.4. The molecule has 0 spiro atoms. The van der Waals surface area contributed by atoms with E-state index in [1.807, 2.05) is 19.1 Å². The van der Waals surface area contributed by atoms with Gasteiger partial charge in [-0.05, 0) is 49.6 Å². The van der Waals surface area contributed by atoms with Gasteiger partial charge >= 0.3 is 0 Å². The molecule has 0 N–H and O–H groups in total. The zero-order valence-electron chi connectivity index (χ0n) is 17.3. The second-order valence-electron chi connectivity index (χ2n) is 7.95. The first-order chi connectivity index (χ1) is 15.4. The molecule has 1 aromatic heterocycles. The lowest BCUT2D eigenvalue weighted by atomic mass is 10.1. The first kappa shape index (κ1) is 21.1. The Kier molecular flexibility index (Phi) is 5.44. The zero-order valence-corrected chi connectivity index (χ0v) is 18.9. The van der Waals surface area contributed by atoms with Gasteiger partial charge in [-0.1, -0.05) is 35.1 Å². The number of aromatic nitrogens is 1. The van der Waals surface area contributed by atoms with Crippen LogP contribution in [0, 0.1) is 6.92 Å². The van der Waals surface area contributed by atoms with Crippen molar-refractivity contribution in [3.8, 4) is 0 Å². The molecule has 0 radical (unpaired) electrons. The molecule has 164 valence electrons. The standard InChI is InChI=1S/C23H20ClN3O4S/c1-13-9-14(24)10-18-20(13)25-23(32-18)26(11-15-5-4-8-31-15)19(28)12-27-21(29)16-6-2-3-7-17(16)22(27)30/h2-3,6-7,9-10,15H,4-5,8,11-12H2,1H3. The number of carbonyl (C=O) groups is 3. The van der Waals surface area contributed by atoms with Crippen molar-refractivity contribution in [3.63, 3.8) is 0 Å². The van der Waals surface area contributed by atoms with Crippen LogP contribution in [0.5, 0.6) is 0 Å². The van der Waals surface area contributed by atoms with Crippen LogP contribution in [-0.2, 0) is 9.53 Å². The third-order valence-corrected chi connectivity index (χ3v) is 7.00. The summed E-state index contributed by atoms with van der Waals surface area (Å²) in [6.07, 6.45) is 1.66. The van der Waals surface area contributed by atoms with Crippen LogP contribution < -0.4 is 4.90 Å². The molecule has 3 aromatic rings. The summed E-state index contributed by atoms with van der Waals surface area (Å²) in [7, 11) is 0. The number of rotatable bonds is 5. The normalized spacial score (nSPS) is 17.9. The maximum Gasteiger partial charge on any atom is 0.262 e. The predicted octanol–water partition coefficient (Wildman–Crippen LogP) is 4.07. The molecule has 9 heteroatoms. The number of benzene rings is 2. The lowest BCUT2D eigenvalue weighted by Gasteiger charge is -2.25. The van der Waals surface area contributed by atoms with Crippen LogP contribution in [0.2, 0.25) is 5.02 Å². The smallest absolute Gasteiger partial charge is 0.262 e. The van der Waals surface area contributed by atoms with E-state index in [1.165, 1.54) is 16.2 Å². The third kappa shape index (κ3) is 3.68. The average Bonchev–Trinajstić information content (AvgIpc) is 3.48. The Hall–Kier alpha value is -2.81. The van der Waals surface area contributed by atoms with Gasteiger partial charge in [0.25, 0.3) is 11.8 Å². The Morgan fingerprint density at radius 1 is 1.25 bits per heavy atom. The molecule has 0 aliphatic carbocycles. The van der Waals surface area contributed by atoms with Gasteiger partial charge in [-0.2, -0.15) is 0 Å². The van der Waals surface area contributed by atoms with Crippen LogP contribution in [0.25, 0.3) is 10.2 Å². The maximum absolute atomic E-state index is 13.4. The Balaban J connectivity index is 1.46. The molecule has 2 aromatic carbocycles. The van der Waals surface area contributed by atoms with Crippen molar-refractivity contribution in [2.24, 2.45) is 0 Å². The van der Waals surface area contributed by atoms with Crippen LogP contribution in [0.3, 0.4) is 0 Å². The van der Waals surface area contributed by atoms with Gasteiger partial charge in [0.1, 0.15) is 6.54 Å². The van der Waals surface area contributed by atoms with E-state index in [0.717, 1.165) is 33.5 Å². The van der Waals surface area contributed by atoms with E-state index in [1.54, 1.807) is 24.3 Å². The Morgan fingerprint density at radius 3 is 2.62 bits per heavy atom. The third-order valence-electron chi connectivity index (χ3n) is 5.75. The highest BCUT2D eigenvalue weighted by atomic mass is 35.5. The van der Waals surface area contributed by atoms with Crippen LogP contribution in [-0.4, -0.2) is 53.4 Å². The topological polar surface area (TPSA) is 79.8 Å². The van der Waals surface area contributed by atoms with Crippen molar-refractivity contribution in [2.45, 2.75) is 25.9 Å². The summed E-state index contributed by atoms with van der Waals surface area (Å²) < 4.78 is 6.62. The van der Waals surface area contributed by atoms with Crippen molar-refractivity contribution in [3.05, 3.63) is 58.1 Å². The van der Waals surface area contributed by atoms with Gasteiger partial charge in [0.2, 0.25) is 5.91 Å². The van der Waals surface area contributed by atoms with E-state index >= 15 is 0 Å². The second kappa shape index (κ2) is 8.27. The number of anilines is 1. The van der Waals surface area contributed by atoms with Crippen molar-refractivity contribution >= 4 is 56.0 Å². The molecule has 32 heavy (non-hydrogen) atoms. The summed E-state index contributed by atoms with van der Waals surface area (Å²) in [5, 5.41) is 1.11. The molecule has 0 saturated carbocycles. The number of nitrogens with zero attached hydrogens (tertiary/aromatic N) is 3. The first-order valence-corrected chi connectivity index (χ1v) is 11.6. The van der Waals surface area contributed by atoms with Gasteiger partial charge < -0.3 is 4.74 Å². The summed E-state index contributed by atoms with van der Waals surface area (Å²) in [6, 6.07) is 10.3. The number of hydrogen-bond acceptors (Lipinski definition) is 6. The highest BCUT2D eigenvalue weighted by molar-refractivity contribution is 7.22. The SMILES string of the molecule is Cc1cc(Cl)cc2sc(N(CC3CCCO3)C(=O)CN3C(=O)c4ccccc4C3=O)nc12. The van der Waals surface area contributed by atoms with Crippen molar-refractivity contribution in [2.75, 3.05) is 24.6 Å². The van der Waals surface area contributed by atoms with Gasteiger partial charge in [0.15, 0.2) is 5.13 Å². The number of imide groups is 1. The minimum absolute atomic E-state index is 0.113. The van der Waals surface area contributed by atoms with Gasteiger partial charge in [0, 0.05) is 11.6 Å². The zero-order chi connectivity index (χ0) is 22.4. The molecule has 7 nitrogen and oxygen atoms in total. The fourth-order valence-electron chi connectivity index (χ4n) is 4.14. The van der Waals surface area contributed by atoms with Crippen LogP contribution >= 0.6 is 22.9 Å². The van der Waals surface area contributed by atoms with Gasteiger partial charge in [-0.15, -0.1) is 0 Å². The van der Waals surface area contributed by atoms with Crippen LogP contribution in [0.4, 0.5) is 5.13 Å². The average molecular weight is 470 g/mol. The number of amides is 3. The van der Waals surface area contributed by atoms with Gasteiger partial charge in [-0.3, -0.25) is 24.2 Å². The fourth-order valence-corrected chi connectivity index (χ4v) is 5.59. The molecule has 1 fully saturated rings. The molecule has 3 amide bonds. The van der Waals surface area contributed by atoms with Crippen LogP contribution in [0.1, 0.15) is 39.1 Å². The molecule has 2 aliphatic heterocycles. The number of hydrogen-bond donors (Lipinski definition) is 0. The number of carbonyl (C=O) groups excluding carboxylic acids is 3. The Labute approximate surface area is 193 Å². The lowest BCUT2D eigenvalue weighted by molar-refractivity contribution is -0.119. The van der Waals surface area contributed by atoms with E-state index in [-0.39, 0.29) is 18.6 Å². The van der Waals surface area contributed by atoms with E-state index in [4.69, 9.17) is 16.3 Å². The van der Waals surface area contributed by atoms with Gasteiger partial charge in [0.05, 0.1) is 34.0 Å². The first-order valence-electron chi connectivity index (χ1n) is 10.4. The number of fused-ring (bicyclic) bond motifs is 2.